The first-order valence-electron chi connectivity index (χ1n) is 4.39. The predicted molar refractivity (Wildman–Crippen MR) is 50.0 cm³/mol. The van der Waals surface area contributed by atoms with E-state index in [4.69, 9.17) is 11.5 Å². The maximum Gasteiger partial charge on any atom is 0.401 e. The molecule has 90 valence electrons. The van der Waals surface area contributed by atoms with Crippen LogP contribution in [0.25, 0.3) is 0 Å². The van der Waals surface area contributed by atoms with Crippen molar-refractivity contribution in [1.82, 2.24) is 4.90 Å². The zero-order valence-corrected chi connectivity index (χ0v) is 8.77. The van der Waals surface area contributed by atoms with Crippen molar-refractivity contribution in [2.75, 3.05) is 20.1 Å². The second-order valence-electron chi connectivity index (χ2n) is 3.88. The lowest BCUT2D eigenvalue weighted by Crippen LogP contribution is -2.51. The highest BCUT2D eigenvalue weighted by atomic mass is 19.4. The fourth-order valence-corrected chi connectivity index (χ4v) is 0.931. The molecule has 7 heteroatoms. The van der Waals surface area contributed by atoms with E-state index in [1.165, 1.54) is 14.0 Å². The molecular formula is C8H16F3N3O. The summed E-state index contributed by atoms with van der Waals surface area (Å²) in [5.41, 5.74) is 9.20. The minimum Gasteiger partial charge on any atom is -0.368 e. The van der Waals surface area contributed by atoms with Crippen LogP contribution in [0.1, 0.15) is 13.3 Å². The summed E-state index contributed by atoms with van der Waals surface area (Å²) in [5.74, 6) is -0.720. The molecule has 1 atom stereocenters. The molecule has 0 aromatic rings. The predicted octanol–water partition coefficient (Wildman–Crippen LogP) is 0.0733. The molecule has 1 unspecified atom stereocenters. The Morgan fingerprint density at radius 1 is 1.40 bits per heavy atom. The van der Waals surface area contributed by atoms with Crippen LogP contribution in [0.4, 0.5) is 13.2 Å². The topological polar surface area (TPSA) is 72.3 Å². The second-order valence-corrected chi connectivity index (χ2v) is 3.88. The van der Waals surface area contributed by atoms with Crippen molar-refractivity contribution in [3.8, 4) is 0 Å². The van der Waals surface area contributed by atoms with Crippen LogP contribution in [-0.2, 0) is 4.79 Å². The number of primary amides is 1. The van der Waals surface area contributed by atoms with Gasteiger partial charge in [0.1, 0.15) is 0 Å². The summed E-state index contributed by atoms with van der Waals surface area (Å²) in [4.78, 5) is 11.8. The van der Waals surface area contributed by atoms with Crippen LogP contribution in [0.5, 0.6) is 0 Å². The molecule has 0 saturated carbocycles. The van der Waals surface area contributed by atoms with Gasteiger partial charge in [0.15, 0.2) is 0 Å². The standard InChI is InChI=1S/C8H16F3N3O/c1-7(13,6(12)15)3-4-14(2)5-8(9,10)11/h3-5,13H2,1-2H3,(H2,12,15). The van der Waals surface area contributed by atoms with Crippen LogP contribution in [0.2, 0.25) is 0 Å². The van der Waals surface area contributed by atoms with E-state index >= 15 is 0 Å². The number of carbonyl (C=O) groups excluding carboxylic acids is 1. The van der Waals surface area contributed by atoms with E-state index in [0.717, 1.165) is 4.90 Å². The Labute approximate surface area is 86.4 Å². The van der Waals surface area contributed by atoms with Gasteiger partial charge in [-0.2, -0.15) is 13.2 Å². The first-order valence-corrected chi connectivity index (χ1v) is 4.39. The van der Waals surface area contributed by atoms with Crippen LogP contribution in [-0.4, -0.2) is 42.7 Å². The number of halogens is 3. The number of carbonyl (C=O) groups is 1. The average Bonchev–Trinajstić information content (AvgIpc) is 1.97. The summed E-state index contributed by atoms with van der Waals surface area (Å²) in [6, 6.07) is 0. The molecule has 0 aromatic heterocycles. The zero-order valence-electron chi connectivity index (χ0n) is 8.77. The Balaban J connectivity index is 4.01. The third-order valence-electron chi connectivity index (χ3n) is 2.02. The molecule has 0 spiro atoms. The summed E-state index contributed by atoms with van der Waals surface area (Å²) in [6.07, 6.45) is -4.15. The van der Waals surface area contributed by atoms with Crippen molar-refractivity contribution in [1.29, 1.82) is 0 Å². The van der Waals surface area contributed by atoms with Gasteiger partial charge in [0.05, 0.1) is 12.1 Å². The normalized spacial score (nSPS) is 16.5. The molecule has 4 nitrogen and oxygen atoms in total. The zero-order chi connectivity index (χ0) is 12.3. The van der Waals surface area contributed by atoms with Crippen molar-refractivity contribution in [2.24, 2.45) is 11.5 Å². The van der Waals surface area contributed by atoms with Gasteiger partial charge in [0, 0.05) is 6.54 Å². The summed E-state index contributed by atoms with van der Waals surface area (Å²) >= 11 is 0. The van der Waals surface area contributed by atoms with E-state index in [2.05, 4.69) is 0 Å². The summed E-state index contributed by atoms with van der Waals surface area (Å²) in [5, 5.41) is 0. The molecule has 0 fully saturated rings. The minimum atomic E-state index is -4.24. The molecule has 0 bridgehead atoms. The second kappa shape index (κ2) is 4.80. The highest BCUT2D eigenvalue weighted by molar-refractivity contribution is 5.83. The molecule has 0 aliphatic heterocycles. The van der Waals surface area contributed by atoms with Crippen LogP contribution in [0.3, 0.4) is 0 Å². The Kier molecular flexibility index (Phi) is 4.54. The number of hydrogen-bond donors (Lipinski definition) is 2. The van der Waals surface area contributed by atoms with E-state index in [1.807, 2.05) is 0 Å². The third-order valence-corrected chi connectivity index (χ3v) is 2.02. The molecule has 15 heavy (non-hydrogen) atoms. The Morgan fingerprint density at radius 3 is 2.20 bits per heavy atom. The fraction of sp³-hybridized carbons (Fsp3) is 0.875. The van der Waals surface area contributed by atoms with Gasteiger partial charge in [-0.25, -0.2) is 0 Å². The van der Waals surface area contributed by atoms with E-state index in [9.17, 15) is 18.0 Å². The Morgan fingerprint density at radius 2 is 1.87 bits per heavy atom. The molecule has 0 aliphatic carbocycles. The van der Waals surface area contributed by atoms with Gasteiger partial charge in [-0.3, -0.25) is 9.69 Å². The van der Waals surface area contributed by atoms with Crippen molar-refractivity contribution in [3.63, 3.8) is 0 Å². The van der Waals surface area contributed by atoms with E-state index in [0.29, 0.717) is 0 Å². The summed E-state index contributed by atoms with van der Waals surface area (Å²) in [6.45, 7) is 0.439. The largest absolute Gasteiger partial charge is 0.401 e. The van der Waals surface area contributed by atoms with Crippen molar-refractivity contribution in [3.05, 3.63) is 0 Å². The van der Waals surface area contributed by atoms with Crippen LogP contribution >= 0.6 is 0 Å². The maximum atomic E-state index is 11.9. The number of nitrogens with zero attached hydrogens (tertiary/aromatic N) is 1. The molecular weight excluding hydrogens is 211 g/mol. The molecule has 0 heterocycles. The molecule has 4 N–H and O–H groups in total. The van der Waals surface area contributed by atoms with Gasteiger partial charge in [-0.05, 0) is 20.4 Å². The Hall–Kier alpha value is -0.820. The first-order chi connectivity index (χ1) is 6.54. The number of alkyl halides is 3. The van der Waals surface area contributed by atoms with Gasteiger partial charge in [-0.1, -0.05) is 0 Å². The van der Waals surface area contributed by atoms with Gasteiger partial charge in [0.2, 0.25) is 5.91 Å². The SMILES string of the molecule is CN(CCC(C)(N)C(N)=O)CC(F)(F)F. The molecule has 0 saturated heterocycles. The van der Waals surface area contributed by atoms with Gasteiger partial charge in [0.25, 0.3) is 0 Å². The molecule has 0 aromatic carbocycles. The first kappa shape index (κ1) is 14.2. The number of rotatable bonds is 5. The lowest BCUT2D eigenvalue weighted by molar-refractivity contribution is -0.143. The van der Waals surface area contributed by atoms with E-state index in [-0.39, 0.29) is 13.0 Å². The van der Waals surface area contributed by atoms with Crippen molar-refractivity contribution < 1.29 is 18.0 Å². The highest BCUT2D eigenvalue weighted by Gasteiger charge is 2.31. The van der Waals surface area contributed by atoms with Gasteiger partial charge < -0.3 is 11.5 Å². The molecule has 0 radical (unpaired) electrons. The van der Waals surface area contributed by atoms with E-state index in [1.54, 1.807) is 0 Å². The van der Waals surface area contributed by atoms with Crippen molar-refractivity contribution in [2.45, 2.75) is 25.1 Å². The summed E-state index contributed by atoms with van der Waals surface area (Å²) in [7, 11) is 1.31. The lowest BCUT2D eigenvalue weighted by Gasteiger charge is -2.24. The number of hydrogen-bond acceptors (Lipinski definition) is 3. The van der Waals surface area contributed by atoms with Gasteiger partial charge in [-0.15, -0.1) is 0 Å². The van der Waals surface area contributed by atoms with Crippen LogP contribution in [0, 0.1) is 0 Å². The van der Waals surface area contributed by atoms with Gasteiger partial charge >= 0.3 is 6.18 Å². The van der Waals surface area contributed by atoms with Crippen molar-refractivity contribution >= 4 is 5.91 Å². The molecule has 0 rings (SSSR count). The smallest absolute Gasteiger partial charge is 0.368 e. The molecule has 1 amide bonds. The van der Waals surface area contributed by atoms with E-state index < -0.39 is 24.2 Å². The average molecular weight is 227 g/mol. The third kappa shape index (κ3) is 6.29. The maximum absolute atomic E-state index is 11.9. The fourth-order valence-electron chi connectivity index (χ4n) is 0.931. The quantitative estimate of drug-likeness (QED) is 0.698. The minimum absolute atomic E-state index is 0.0649. The highest BCUT2D eigenvalue weighted by Crippen LogP contribution is 2.16. The number of amides is 1. The Bertz CT molecular complexity index is 228. The van der Waals surface area contributed by atoms with Crippen LogP contribution < -0.4 is 11.5 Å². The summed E-state index contributed by atoms with van der Waals surface area (Å²) < 4.78 is 35.8. The van der Waals surface area contributed by atoms with Crippen LogP contribution in [0.15, 0.2) is 0 Å². The monoisotopic (exact) mass is 227 g/mol. The molecule has 0 aliphatic rings. The number of nitrogens with two attached hydrogens (primary N) is 2. The lowest BCUT2D eigenvalue weighted by atomic mass is 9.98.